The first-order valence-electron chi connectivity index (χ1n) is 9.68. The lowest BCUT2D eigenvalue weighted by molar-refractivity contribution is 0.218. The second-order valence-corrected chi connectivity index (χ2v) is 7.39. The van der Waals surface area contributed by atoms with Crippen molar-refractivity contribution in [3.8, 4) is 5.75 Å². The first-order valence-corrected chi connectivity index (χ1v) is 9.68. The monoisotopic (exact) mass is 356 g/mol. The van der Waals surface area contributed by atoms with E-state index in [1.165, 1.54) is 54.7 Å². The van der Waals surface area contributed by atoms with E-state index in [1.807, 2.05) is 17.9 Å². The fourth-order valence-corrected chi connectivity index (χ4v) is 3.75. The molecule has 1 N–H and O–H groups in total. The summed E-state index contributed by atoms with van der Waals surface area (Å²) >= 11 is 0. The molecule has 1 aliphatic heterocycles. The van der Waals surface area contributed by atoms with Crippen LogP contribution in [0.15, 0.2) is 24.4 Å². The Morgan fingerprint density at radius 3 is 2.65 bits per heavy atom. The summed E-state index contributed by atoms with van der Waals surface area (Å²) in [4.78, 5) is 2.54. The van der Waals surface area contributed by atoms with Gasteiger partial charge in [0.25, 0.3) is 0 Å². The molecule has 142 valence electrons. The maximum Gasteiger partial charge on any atom is 0.123 e. The Morgan fingerprint density at radius 2 is 2.00 bits per heavy atom. The molecule has 2 aromatic rings. The Balaban J connectivity index is 1.65. The topological polar surface area (TPSA) is 42.3 Å². The molecule has 0 radical (unpaired) electrons. The van der Waals surface area contributed by atoms with Crippen molar-refractivity contribution in [2.24, 2.45) is 7.05 Å². The van der Waals surface area contributed by atoms with Crippen LogP contribution in [-0.4, -0.2) is 34.9 Å². The normalized spacial score (nSPS) is 16.6. The number of methoxy groups -OCH3 is 1. The summed E-state index contributed by atoms with van der Waals surface area (Å²) in [6.45, 7) is 8.53. The van der Waals surface area contributed by atoms with E-state index in [0.717, 1.165) is 18.8 Å². The van der Waals surface area contributed by atoms with Gasteiger partial charge in [-0.05, 0) is 57.5 Å². The van der Waals surface area contributed by atoms with Crippen molar-refractivity contribution in [1.82, 2.24) is 20.0 Å². The molecule has 1 aromatic heterocycles. The standard InChI is InChI=1S/C21H32N4O/c1-16(20-14-23-24(3)17(20)2)22-13-18-8-9-21(26-4)19(12-18)15-25-10-6-5-7-11-25/h8-9,12,14,16,22H,5-7,10-11,13,15H2,1-4H3. The molecule has 5 heteroatoms. The largest absolute Gasteiger partial charge is 0.496 e. The van der Waals surface area contributed by atoms with Crippen molar-refractivity contribution >= 4 is 0 Å². The highest BCUT2D eigenvalue weighted by atomic mass is 16.5. The number of nitrogens with one attached hydrogen (secondary N) is 1. The van der Waals surface area contributed by atoms with Gasteiger partial charge in [-0.3, -0.25) is 9.58 Å². The van der Waals surface area contributed by atoms with Crippen molar-refractivity contribution in [2.45, 2.75) is 52.2 Å². The van der Waals surface area contributed by atoms with Gasteiger partial charge in [-0.2, -0.15) is 5.10 Å². The average Bonchev–Trinajstić information content (AvgIpc) is 3.00. The van der Waals surface area contributed by atoms with Crippen LogP contribution in [0.2, 0.25) is 0 Å². The predicted octanol–water partition coefficient (Wildman–Crippen LogP) is 3.57. The summed E-state index contributed by atoms with van der Waals surface area (Å²) in [5.74, 6) is 0.996. The molecule has 1 unspecified atom stereocenters. The Morgan fingerprint density at radius 1 is 1.23 bits per heavy atom. The molecule has 0 spiro atoms. The number of benzene rings is 1. The maximum absolute atomic E-state index is 5.60. The van der Waals surface area contributed by atoms with Crippen LogP contribution in [0.4, 0.5) is 0 Å². The smallest absolute Gasteiger partial charge is 0.123 e. The second-order valence-electron chi connectivity index (χ2n) is 7.39. The number of piperidine rings is 1. The van der Waals surface area contributed by atoms with E-state index in [-0.39, 0.29) is 6.04 Å². The predicted molar refractivity (Wildman–Crippen MR) is 105 cm³/mol. The number of rotatable bonds is 7. The molecule has 1 fully saturated rings. The number of ether oxygens (including phenoxy) is 1. The summed E-state index contributed by atoms with van der Waals surface area (Å²) in [5, 5.41) is 7.98. The zero-order valence-electron chi connectivity index (χ0n) is 16.6. The van der Waals surface area contributed by atoms with Crippen LogP contribution in [0, 0.1) is 6.92 Å². The molecule has 26 heavy (non-hydrogen) atoms. The minimum Gasteiger partial charge on any atom is -0.496 e. The van der Waals surface area contributed by atoms with Gasteiger partial charge in [0.15, 0.2) is 0 Å². The van der Waals surface area contributed by atoms with Gasteiger partial charge in [0.05, 0.1) is 13.3 Å². The number of aryl methyl sites for hydroxylation is 1. The number of hydrogen-bond acceptors (Lipinski definition) is 4. The van der Waals surface area contributed by atoms with E-state index in [2.05, 4.69) is 47.4 Å². The molecular formula is C21H32N4O. The van der Waals surface area contributed by atoms with Crippen LogP contribution < -0.4 is 10.1 Å². The number of likely N-dealkylation sites (tertiary alicyclic amines) is 1. The molecule has 1 aromatic carbocycles. The molecule has 5 nitrogen and oxygen atoms in total. The van der Waals surface area contributed by atoms with Gasteiger partial charge in [-0.25, -0.2) is 0 Å². The Kier molecular flexibility index (Phi) is 6.33. The highest BCUT2D eigenvalue weighted by molar-refractivity contribution is 5.37. The molecule has 3 rings (SSSR count). The Bertz CT molecular complexity index is 719. The second kappa shape index (κ2) is 8.69. The van der Waals surface area contributed by atoms with E-state index in [9.17, 15) is 0 Å². The van der Waals surface area contributed by atoms with E-state index >= 15 is 0 Å². The highest BCUT2D eigenvalue weighted by Crippen LogP contribution is 2.24. The zero-order valence-corrected chi connectivity index (χ0v) is 16.6. The minimum absolute atomic E-state index is 0.274. The van der Waals surface area contributed by atoms with E-state index in [1.54, 1.807) is 7.11 Å². The van der Waals surface area contributed by atoms with Crippen molar-refractivity contribution in [3.63, 3.8) is 0 Å². The average molecular weight is 357 g/mol. The molecular weight excluding hydrogens is 324 g/mol. The lowest BCUT2D eigenvalue weighted by Crippen LogP contribution is -2.29. The van der Waals surface area contributed by atoms with Crippen LogP contribution in [0.1, 0.15) is 54.6 Å². The molecule has 0 amide bonds. The molecule has 2 heterocycles. The fraction of sp³-hybridized carbons (Fsp3) is 0.571. The van der Waals surface area contributed by atoms with Gasteiger partial charge in [0, 0.05) is 43.0 Å². The third kappa shape index (κ3) is 4.46. The third-order valence-corrected chi connectivity index (χ3v) is 5.54. The molecule has 0 aliphatic carbocycles. The summed E-state index contributed by atoms with van der Waals surface area (Å²) in [6, 6.07) is 6.84. The molecule has 1 aliphatic rings. The van der Waals surface area contributed by atoms with Crippen molar-refractivity contribution in [2.75, 3.05) is 20.2 Å². The van der Waals surface area contributed by atoms with Crippen molar-refractivity contribution < 1.29 is 4.74 Å². The zero-order chi connectivity index (χ0) is 18.5. The van der Waals surface area contributed by atoms with E-state index in [4.69, 9.17) is 4.74 Å². The summed E-state index contributed by atoms with van der Waals surface area (Å²) in [5.41, 5.74) is 5.06. The summed E-state index contributed by atoms with van der Waals surface area (Å²) < 4.78 is 7.53. The van der Waals surface area contributed by atoms with Gasteiger partial charge in [0.2, 0.25) is 0 Å². The first kappa shape index (κ1) is 18.9. The van der Waals surface area contributed by atoms with Crippen molar-refractivity contribution in [3.05, 3.63) is 46.8 Å². The van der Waals surface area contributed by atoms with E-state index in [0.29, 0.717) is 0 Å². The first-order chi connectivity index (χ1) is 12.6. The third-order valence-electron chi connectivity index (χ3n) is 5.54. The van der Waals surface area contributed by atoms with Crippen LogP contribution in [0.25, 0.3) is 0 Å². The Labute approximate surface area is 157 Å². The van der Waals surface area contributed by atoms with Gasteiger partial charge in [-0.1, -0.05) is 12.5 Å². The van der Waals surface area contributed by atoms with Gasteiger partial charge in [-0.15, -0.1) is 0 Å². The van der Waals surface area contributed by atoms with Crippen LogP contribution in [-0.2, 0) is 20.1 Å². The SMILES string of the molecule is COc1ccc(CNC(C)c2cnn(C)c2C)cc1CN1CCCCC1. The molecule has 1 atom stereocenters. The molecule has 0 bridgehead atoms. The van der Waals surface area contributed by atoms with Crippen LogP contribution in [0.5, 0.6) is 5.75 Å². The van der Waals surface area contributed by atoms with E-state index < -0.39 is 0 Å². The van der Waals surface area contributed by atoms with Gasteiger partial charge >= 0.3 is 0 Å². The summed E-state index contributed by atoms with van der Waals surface area (Å²) in [6.07, 6.45) is 5.95. The molecule has 1 saturated heterocycles. The Hall–Kier alpha value is -1.85. The highest BCUT2D eigenvalue weighted by Gasteiger charge is 2.15. The van der Waals surface area contributed by atoms with Crippen LogP contribution >= 0.6 is 0 Å². The molecule has 0 saturated carbocycles. The van der Waals surface area contributed by atoms with Crippen LogP contribution in [0.3, 0.4) is 0 Å². The van der Waals surface area contributed by atoms with Gasteiger partial charge < -0.3 is 10.1 Å². The minimum atomic E-state index is 0.274. The number of nitrogens with zero attached hydrogens (tertiary/aromatic N) is 3. The fourth-order valence-electron chi connectivity index (χ4n) is 3.75. The summed E-state index contributed by atoms with van der Waals surface area (Å²) in [7, 11) is 3.75. The number of hydrogen-bond donors (Lipinski definition) is 1. The van der Waals surface area contributed by atoms with Gasteiger partial charge in [0.1, 0.15) is 5.75 Å². The lowest BCUT2D eigenvalue weighted by Gasteiger charge is -2.27. The quantitative estimate of drug-likeness (QED) is 0.823. The lowest BCUT2D eigenvalue weighted by atomic mass is 10.1. The van der Waals surface area contributed by atoms with Crippen molar-refractivity contribution in [1.29, 1.82) is 0 Å². The number of aromatic nitrogens is 2. The maximum atomic E-state index is 5.60.